The molecule has 6 nitrogen and oxygen atoms in total. The van der Waals surface area contributed by atoms with Crippen LogP contribution in [0, 0.1) is 0 Å². The molecule has 1 unspecified atom stereocenters. The lowest BCUT2D eigenvalue weighted by atomic mass is 10.1. The minimum atomic E-state index is -3.56. The van der Waals surface area contributed by atoms with Crippen LogP contribution in [0.3, 0.4) is 0 Å². The summed E-state index contributed by atoms with van der Waals surface area (Å²) in [7, 11) is -3.56. The zero-order valence-corrected chi connectivity index (χ0v) is 11.4. The van der Waals surface area contributed by atoms with Crippen LogP contribution in [-0.2, 0) is 10.2 Å². The molecular formula is C12H19N3O3S. The third-order valence-electron chi connectivity index (χ3n) is 3.09. The van der Waals surface area contributed by atoms with E-state index < -0.39 is 16.3 Å². The third-order valence-corrected chi connectivity index (χ3v) is 4.72. The van der Waals surface area contributed by atoms with Gasteiger partial charge in [-0.3, -0.25) is 0 Å². The summed E-state index contributed by atoms with van der Waals surface area (Å²) in [5.41, 5.74) is 0.753. The van der Waals surface area contributed by atoms with Crippen LogP contribution in [0.15, 0.2) is 30.3 Å². The molecule has 1 heterocycles. The summed E-state index contributed by atoms with van der Waals surface area (Å²) in [6.07, 6.45) is 0. The second kappa shape index (κ2) is 6.44. The van der Waals surface area contributed by atoms with Gasteiger partial charge in [0.25, 0.3) is 10.2 Å². The second-order valence-electron chi connectivity index (χ2n) is 4.42. The Labute approximate surface area is 113 Å². The van der Waals surface area contributed by atoms with Crippen molar-refractivity contribution in [1.82, 2.24) is 14.3 Å². The molecule has 19 heavy (non-hydrogen) atoms. The first-order valence-corrected chi connectivity index (χ1v) is 7.71. The van der Waals surface area contributed by atoms with E-state index in [2.05, 4.69) is 10.0 Å². The number of aliphatic hydroxyl groups excluding tert-OH is 1. The summed E-state index contributed by atoms with van der Waals surface area (Å²) in [5, 5.41) is 12.5. The van der Waals surface area contributed by atoms with Crippen molar-refractivity contribution in [2.75, 3.05) is 32.8 Å². The second-order valence-corrected chi connectivity index (χ2v) is 6.12. The van der Waals surface area contributed by atoms with Crippen LogP contribution >= 0.6 is 0 Å². The van der Waals surface area contributed by atoms with Gasteiger partial charge in [-0.1, -0.05) is 30.3 Å². The van der Waals surface area contributed by atoms with Crippen LogP contribution in [0.2, 0.25) is 0 Å². The maximum absolute atomic E-state index is 12.2. The standard InChI is InChI=1S/C12H19N3O3S/c16-10-12(11-4-2-1-3-5-11)14-19(17,18)15-8-6-13-7-9-15/h1-5,12-14,16H,6-10H2. The molecule has 0 saturated carbocycles. The largest absolute Gasteiger partial charge is 0.394 e. The van der Waals surface area contributed by atoms with Gasteiger partial charge in [0.15, 0.2) is 0 Å². The Balaban J connectivity index is 2.09. The minimum Gasteiger partial charge on any atom is -0.394 e. The van der Waals surface area contributed by atoms with Crippen molar-refractivity contribution in [1.29, 1.82) is 0 Å². The summed E-state index contributed by atoms with van der Waals surface area (Å²) in [5.74, 6) is 0. The lowest BCUT2D eigenvalue weighted by Crippen LogP contribution is -2.51. The van der Waals surface area contributed by atoms with Crippen LogP contribution in [0.25, 0.3) is 0 Å². The van der Waals surface area contributed by atoms with Gasteiger partial charge in [-0.25, -0.2) is 0 Å². The van der Waals surface area contributed by atoms with E-state index in [1.807, 2.05) is 18.2 Å². The SMILES string of the molecule is O=S(=O)(NC(CO)c1ccccc1)N1CCNCC1. The number of rotatable bonds is 5. The molecule has 1 aliphatic rings. The van der Waals surface area contributed by atoms with Crippen molar-refractivity contribution >= 4 is 10.2 Å². The van der Waals surface area contributed by atoms with Gasteiger partial charge in [0.1, 0.15) is 0 Å². The molecule has 106 valence electrons. The zero-order chi connectivity index (χ0) is 13.7. The number of hydrogen-bond donors (Lipinski definition) is 3. The van der Waals surface area contributed by atoms with Crippen LogP contribution in [0.1, 0.15) is 11.6 Å². The monoisotopic (exact) mass is 285 g/mol. The highest BCUT2D eigenvalue weighted by Crippen LogP contribution is 2.14. The highest BCUT2D eigenvalue weighted by molar-refractivity contribution is 7.87. The van der Waals surface area contributed by atoms with E-state index in [9.17, 15) is 13.5 Å². The molecule has 1 fully saturated rings. The van der Waals surface area contributed by atoms with Crippen molar-refractivity contribution < 1.29 is 13.5 Å². The Morgan fingerprint density at radius 2 is 1.89 bits per heavy atom. The Bertz CT molecular complexity index is 486. The molecular weight excluding hydrogens is 266 g/mol. The van der Waals surface area contributed by atoms with Crippen molar-refractivity contribution in [3.63, 3.8) is 0 Å². The van der Waals surface area contributed by atoms with Gasteiger partial charge in [-0.15, -0.1) is 0 Å². The van der Waals surface area contributed by atoms with Crippen LogP contribution in [-0.4, -0.2) is 50.6 Å². The Kier molecular flexibility index (Phi) is 4.89. The van der Waals surface area contributed by atoms with Gasteiger partial charge in [-0.05, 0) is 5.56 Å². The summed E-state index contributed by atoms with van der Waals surface area (Å²) in [6.45, 7) is 1.92. The molecule has 3 N–H and O–H groups in total. The molecule has 0 spiro atoms. The molecule has 1 saturated heterocycles. The maximum atomic E-state index is 12.2. The molecule has 0 bridgehead atoms. The normalized spacial score (nSPS) is 19.2. The average Bonchev–Trinajstić information content (AvgIpc) is 2.47. The Morgan fingerprint density at radius 1 is 1.26 bits per heavy atom. The van der Waals surface area contributed by atoms with Crippen molar-refractivity contribution in [3.05, 3.63) is 35.9 Å². The van der Waals surface area contributed by atoms with E-state index in [1.54, 1.807) is 12.1 Å². The number of hydrogen-bond acceptors (Lipinski definition) is 4. The van der Waals surface area contributed by atoms with Gasteiger partial charge in [0, 0.05) is 26.2 Å². The summed E-state index contributed by atoms with van der Waals surface area (Å²) >= 11 is 0. The fourth-order valence-corrected chi connectivity index (χ4v) is 3.42. The van der Waals surface area contributed by atoms with E-state index >= 15 is 0 Å². The van der Waals surface area contributed by atoms with Gasteiger partial charge in [-0.2, -0.15) is 17.4 Å². The first kappa shape index (κ1) is 14.4. The highest BCUT2D eigenvalue weighted by Gasteiger charge is 2.26. The molecule has 2 rings (SSSR count). The molecule has 1 aromatic carbocycles. The molecule has 0 radical (unpaired) electrons. The fraction of sp³-hybridized carbons (Fsp3) is 0.500. The van der Waals surface area contributed by atoms with Gasteiger partial charge in [0.05, 0.1) is 12.6 Å². The first-order valence-electron chi connectivity index (χ1n) is 6.27. The zero-order valence-electron chi connectivity index (χ0n) is 10.6. The van der Waals surface area contributed by atoms with Crippen LogP contribution < -0.4 is 10.0 Å². The number of nitrogens with zero attached hydrogens (tertiary/aromatic N) is 1. The maximum Gasteiger partial charge on any atom is 0.280 e. The predicted octanol–water partition coefficient (Wildman–Crippen LogP) is -0.540. The average molecular weight is 285 g/mol. The Hall–Kier alpha value is -0.990. The van der Waals surface area contributed by atoms with E-state index in [0.29, 0.717) is 26.2 Å². The molecule has 7 heteroatoms. The lowest BCUT2D eigenvalue weighted by Gasteiger charge is -2.28. The van der Waals surface area contributed by atoms with Crippen LogP contribution in [0.4, 0.5) is 0 Å². The molecule has 1 aromatic rings. The highest BCUT2D eigenvalue weighted by atomic mass is 32.2. The van der Waals surface area contributed by atoms with E-state index in [-0.39, 0.29) is 6.61 Å². The molecule has 0 amide bonds. The molecule has 0 aromatic heterocycles. The summed E-state index contributed by atoms with van der Waals surface area (Å²) in [6, 6.07) is 8.46. The summed E-state index contributed by atoms with van der Waals surface area (Å²) in [4.78, 5) is 0. The number of nitrogens with one attached hydrogen (secondary N) is 2. The van der Waals surface area contributed by atoms with Crippen molar-refractivity contribution in [2.45, 2.75) is 6.04 Å². The lowest BCUT2D eigenvalue weighted by molar-refractivity contribution is 0.254. The third kappa shape index (κ3) is 3.74. The Morgan fingerprint density at radius 3 is 2.47 bits per heavy atom. The van der Waals surface area contributed by atoms with Crippen molar-refractivity contribution in [3.8, 4) is 0 Å². The van der Waals surface area contributed by atoms with Gasteiger partial charge in [0.2, 0.25) is 0 Å². The number of benzene rings is 1. The number of aliphatic hydroxyl groups is 1. The first-order chi connectivity index (χ1) is 9.13. The minimum absolute atomic E-state index is 0.269. The molecule has 1 atom stereocenters. The van der Waals surface area contributed by atoms with Crippen molar-refractivity contribution in [2.24, 2.45) is 0 Å². The fourth-order valence-electron chi connectivity index (χ4n) is 2.04. The van der Waals surface area contributed by atoms with E-state index in [0.717, 1.165) is 5.56 Å². The van der Waals surface area contributed by atoms with E-state index in [4.69, 9.17) is 0 Å². The van der Waals surface area contributed by atoms with E-state index in [1.165, 1.54) is 4.31 Å². The topological polar surface area (TPSA) is 81.7 Å². The van der Waals surface area contributed by atoms with Crippen LogP contribution in [0.5, 0.6) is 0 Å². The quantitative estimate of drug-likeness (QED) is 0.679. The number of piperazine rings is 1. The smallest absolute Gasteiger partial charge is 0.280 e. The predicted molar refractivity (Wildman–Crippen MR) is 72.8 cm³/mol. The summed E-state index contributed by atoms with van der Waals surface area (Å²) < 4.78 is 28.4. The van der Waals surface area contributed by atoms with Gasteiger partial charge < -0.3 is 10.4 Å². The molecule has 0 aliphatic carbocycles. The molecule has 1 aliphatic heterocycles. The van der Waals surface area contributed by atoms with Gasteiger partial charge >= 0.3 is 0 Å².